The van der Waals surface area contributed by atoms with Gasteiger partial charge in [0.25, 0.3) is 0 Å². The maximum atomic E-state index is 5.70. The Morgan fingerprint density at radius 3 is 2.73 bits per heavy atom. The molecular formula is C12H17NO2. The van der Waals surface area contributed by atoms with Crippen molar-refractivity contribution >= 4 is 0 Å². The minimum atomic E-state index is 0.329. The number of rotatable bonds is 2. The van der Waals surface area contributed by atoms with Crippen LogP contribution in [0.25, 0.3) is 0 Å². The fourth-order valence-corrected chi connectivity index (χ4v) is 1.96. The average Bonchev–Trinajstić information content (AvgIpc) is 2.70. The molecule has 0 aromatic heterocycles. The summed E-state index contributed by atoms with van der Waals surface area (Å²) >= 11 is 0. The van der Waals surface area contributed by atoms with Crippen LogP contribution in [-0.4, -0.2) is 13.3 Å². The Morgan fingerprint density at radius 2 is 2.07 bits per heavy atom. The van der Waals surface area contributed by atoms with Crippen LogP contribution in [0.4, 0.5) is 0 Å². The van der Waals surface area contributed by atoms with Crippen molar-refractivity contribution < 1.29 is 9.47 Å². The largest absolute Gasteiger partial charge is 0.454 e. The number of hydrogen-bond acceptors (Lipinski definition) is 3. The van der Waals surface area contributed by atoms with E-state index >= 15 is 0 Å². The Kier molecular flexibility index (Phi) is 2.57. The van der Waals surface area contributed by atoms with Gasteiger partial charge < -0.3 is 15.2 Å². The second-order valence-corrected chi connectivity index (χ2v) is 4.09. The minimum Gasteiger partial charge on any atom is -0.454 e. The van der Waals surface area contributed by atoms with E-state index in [4.69, 9.17) is 15.2 Å². The Balaban J connectivity index is 2.54. The van der Waals surface area contributed by atoms with Crippen LogP contribution in [0.1, 0.15) is 29.5 Å². The number of fused-ring (bicyclic) bond motifs is 1. The van der Waals surface area contributed by atoms with Gasteiger partial charge in [0.05, 0.1) is 0 Å². The Bertz CT molecular complexity index is 388. The molecule has 0 radical (unpaired) electrons. The van der Waals surface area contributed by atoms with Crippen LogP contribution >= 0.6 is 0 Å². The fourth-order valence-electron chi connectivity index (χ4n) is 1.96. The summed E-state index contributed by atoms with van der Waals surface area (Å²) in [6, 6.07) is 2.06. The molecule has 0 spiro atoms. The number of nitrogens with two attached hydrogens (primary N) is 1. The molecule has 2 N–H and O–H groups in total. The van der Waals surface area contributed by atoms with Gasteiger partial charge in [-0.3, -0.25) is 0 Å². The molecule has 1 aliphatic heterocycles. The van der Waals surface area contributed by atoms with Gasteiger partial charge >= 0.3 is 0 Å². The molecule has 1 atom stereocenters. The number of benzene rings is 1. The second-order valence-electron chi connectivity index (χ2n) is 4.09. The normalized spacial score (nSPS) is 15.5. The topological polar surface area (TPSA) is 44.5 Å². The maximum Gasteiger partial charge on any atom is 0.231 e. The van der Waals surface area contributed by atoms with Crippen LogP contribution in [0.5, 0.6) is 11.5 Å². The van der Waals surface area contributed by atoms with Gasteiger partial charge in [0, 0.05) is 0 Å². The summed E-state index contributed by atoms with van der Waals surface area (Å²) in [7, 11) is 0. The molecule has 0 saturated carbocycles. The van der Waals surface area contributed by atoms with E-state index in [-0.39, 0.29) is 0 Å². The zero-order valence-electron chi connectivity index (χ0n) is 9.46. The molecule has 3 nitrogen and oxygen atoms in total. The lowest BCUT2D eigenvalue weighted by Crippen LogP contribution is -2.10. The van der Waals surface area contributed by atoms with Gasteiger partial charge in [0.2, 0.25) is 6.79 Å². The van der Waals surface area contributed by atoms with E-state index in [9.17, 15) is 0 Å². The maximum absolute atomic E-state index is 5.70. The van der Waals surface area contributed by atoms with Crippen molar-refractivity contribution in [3.63, 3.8) is 0 Å². The monoisotopic (exact) mass is 207 g/mol. The fraction of sp³-hybridized carbons (Fsp3) is 0.500. The van der Waals surface area contributed by atoms with Crippen LogP contribution in [0, 0.1) is 13.8 Å². The molecule has 2 rings (SSSR count). The first-order chi connectivity index (χ1) is 7.15. The molecule has 0 bridgehead atoms. The van der Waals surface area contributed by atoms with E-state index in [0.29, 0.717) is 19.3 Å². The molecule has 1 aromatic rings. The first kappa shape index (κ1) is 10.3. The molecule has 0 fully saturated rings. The Morgan fingerprint density at radius 1 is 1.33 bits per heavy atom. The lowest BCUT2D eigenvalue weighted by molar-refractivity contribution is 0.173. The highest BCUT2D eigenvalue weighted by molar-refractivity contribution is 5.55. The van der Waals surface area contributed by atoms with Gasteiger partial charge in [-0.2, -0.15) is 0 Å². The highest BCUT2D eigenvalue weighted by Crippen LogP contribution is 2.40. The van der Waals surface area contributed by atoms with Crippen molar-refractivity contribution in [2.75, 3.05) is 13.3 Å². The van der Waals surface area contributed by atoms with Gasteiger partial charge in [-0.05, 0) is 49.1 Å². The number of ether oxygens (including phenoxy) is 2. The van der Waals surface area contributed by atoms with Crippen molar-refractivity contribution in [1.29, 1.82) is 0 Å². The molecule has 15 heavy (non-hydrogen) atoms. The third kappa shape index (κ3) is 1.57. The van der Waals surface area contributed by atoms with E-state index in [1.54, 1.807) is 0 Å². The van der Waals surface area contributed by atoms with Gasteiger partial charge in [-0.15, -0.1) is 0 Å². The minimum absolute atomic E-state index is 0.329. The molecule has 1 unspecified atom stereocenters. The summed E-state index contributed by atoms with van der Waals surface area (Å²) < 4.78 is 10.8. The molecule has 3 heteroatoms. The van der Waals surface area contributed by atoms with Crippen LogP contribution in [0.3, 0.4) is 0 Å². The molecule has 0 saturated heterocycles. The summed E-state index contributed by atoms with van der Waals surface area (Å²) in [5.41, 5.74) is 9.39. The Labute approximate surface area is 90.2 Å². The summed E-state index contributed by atoms with van der Waals surface area (Å²) in [4.78, 5) is 0. The van der Waals surface area contributed by atoms with E-state index < -0.39 is 0 Å². The predicted octanol–water partition coefficient (Wildman–Crippen LogP) is 2.09. The van der Waals surface area contributed by atoms with E-state index in [1.165, 1.54) is 16.7 Å². The van der Waals surface area contributed by atoms with Crippen molar-refractivity contribution in [2.24, 2.45) is 5.73 Å². The van der Waals surface area contributed by atoms with E-state index in [0.717, 1.165) is 11.5 Å². The first-order valence-electron chi connectivity index (χ1n) is 5.25. The average molecular weight is 207 g/mol. The van der Waals surface area contributed by atoms with Gasteiger partial charge in [-0.1, -0.05) is 6.92 Å². The lowest BCUT2D eigenvalue weighted by Gasteiger charge is -2.16. The van der Waals surface area contributed by atoms with Crippen LogP contribution in [-0.2, 0) is 0 Å². The standard InChI is InChI=1S/C12H17NO2/c1-7(5-13)10-4-11-12(15-6-14-11)9(3)8(10)2/h4,7H,5-6,13H2,1-3H3. The summed E-state index contributed by atoms with van der Waals surface area (Å²) in [5, 5.41) is 0. The van der Waals surface area contributed by atoms with Crippen LogP contribution < -0.4 is 15.2 Å². The molecule has 1 aliphatic rings. The zero-order valence-corrected chi connectivity index (χ0v) is 9.46. The quantitative estimate of drug-likeness (QED) is 0.807. The second kappa shape index (κ2) is 3.74. The highest BCUT2D eigenvalue weighted by atomic mass is 16.7. The SMILES string of the molecule is Cc1c(C(C)CN)cc2c(c1C)OCO2. The summed E-state index contributed by atoms with van der Waals surface area (Å²) in [5.74, 6) is 2.10. The first-order valence-corrected chi connectivity index (χ1v) is 5.25. The van der Waals surface area contributed by atoms with E-state index in [2.05, 4.69) is 26.8 Å². The van der Waals surface area contributed by atoms with E-state index in [1.807, 2.05) is 0 Å². The van der Waals surface area contributed by atoms with Crippen molar-refractivity contribution in [1.82, 2.24) is 0 Å². The molecule has 0 amide bonds. The molecule has 1 aromatic carbocycles. The summed E-state index contributed by atoms with van der Waals surface area (Å²) in [6.45, 7) is 7.29. The van der Waals surface area contributed by atoms with Crippen LogP contribution in [0.15, 0.2) is 6.07 Å². The summed E-state index contributed by atoms with van der Waals surface area (Å²) in [6.07, 6.45) is 0. The molecule has 82 valence electrons. The lowest BCUT2D eigenvalue weighted by atomic mass is 9.92. The van der Waals surface area contributed by atoms with Gasteiger partial charge in [0.15, 0.2) is 11.5 Å². The van der Waals surface area contributed by atoms with Crippen molar-refractivity contribution in [2.45, 2.75) is 26.7 Å². The van der Waals surface area contributed by atoms with Crippen molar-refractivity contribution in [3.05, 3.63) is 22.8 Å². The molecule has 1 heterocycles. The van der Waals surface area contributed by atoms with Crippen molar-refractivity contribution in [3.8, 4) is 11.5 Å². The predicted molar refractivity (Wildman–Crippen MR) is 59.5 cm³/mol. The highest BCUT2D eigenvalue weighted by Gasteiger charge is 2.21. The zero-order chi connectivity index (χ0) is 11.0. The Hall–Kier alpha value is -1.22. The third-order valence-corrected chi connectivity index (χ3v) is 3.15. The third-order valence-electron chi connectivity index (χ3n) is 3.15. The smallest absolute Gasteiger partial charge is 0.231 e. The molecular weight excluding hydrogens is 190 g/mol. The van der Waals surface area contributed by atoms with Gasteiger partial charge in [-0.25, -0.2) is 0 Å². The van der Waals surface area contributed by atoms with Crippen LogP contribution in [0.2, 0.25) is 0 Å². The van der Waals surface area contributed by atoms with Gasteiger partial charge in [0.1, 0.15) is 0 Å². The molecule has 0 aliphatic carbocycles. The number of hydrogen-bond donors (Lipinski definition) is 1.